The van der Waals surface area contributed by atoms with Crippen LogP contribution in [0.2, 0.25) is 0 Å². The summed E-state index contributed by atoms with van der Waals surface area (Å²) in [5.41, 5.74) is 9.42. The fourth-order valence-corrected chi connectivity index (χ4v) is 3.76. The minimum absolute atomic E-state index is 0.527. The Morgan fingerprint density at radius 1 is 1.41 bits per heavy atom. The maximum Gasteiger partial charge on any atom is 0.127 e. The van der Waals surface area contributed by atoms with E-state index in [-0.39, 0.29) is 0 Å². The average Bonchev–Trinajstić information content (AvgIpc) is 2.95. The maximum atomic E-state index is 5.79. The molecule has 1 aromatic heterocycles. The van der Waals surface area contributed by atoms with Crippen molar-refractivity contribution in [3.8, 4) is 16.2 Å². The molecule has 1 aliphatic heterocycles. The Morgan fingerprint density at radius 3 is 3.00 bits per heavy atom. The first-order chi connectivity index (χ1) is 8.29. The van der Waals surface area contributed by atoms with E-state index in [4.69, 9.17) is 10.5 Å². The highest BCUT2D eigenvalue weighted by molar-refractivity contribution is 9.10. The highest BCUT2D eigenvalue weighted by Gasteiger charge is 2.18. The standard InChI is InChI=1S/C13H12BrNOS/c14-11-2-4-17-13(11)9-5-8-1-3-16-12(8)10(6-9)7-15/h2,4-6H,1,3,7,15H2. The quantitative estimate of drug-likeness (QED) is 0.920. The lowest BCUT2D eigenvalue weighted by Gasteiger charge is -2.09. The molecule has 3 rings (SSSR count). The first-order valence-corrected chi connectivity index (χ1v) is 7.19. The minimum Gasteiger partial charge on any atom is -0.493 e. The second kappa shape index (κ2) is 4.44. The fraction of sp³-hybridized carbons (Fsp3) is 0.231. The molecule has 2 heterocycles. The van der Waals surface area contributed by atoms with Crippen molar-refractivity contribution >= 4 is 27.3 Å². The van der Waals surface area contributed by atoms with Crippen LogP contribution in [0.15, 0.2) is 28.1 Å². The van der Waals surface area contributed by atoms with Crippen molar-refractivity contribution in [2.24, 2.45) is 5.73 Å². The van der Waals surface area contributed by atoms with Crippen LogP contribution in [-0.4, -0.2) is 6.61 Å². The molecule has 0 bridgehead atoms. The third-order valence-electron chi connectivity index (χ3n) is 2.96. The van der Waals surface area contributed by atoms with Gasteiger partial charge in [-0.2, -0.15) is 0 Å². The van der Waals surface area contributed by atoms with Gasteiger partial charge in [-0.15, -0.1) is 11.3 Å². The zero-order valence-electron chi connectivity index (χ0n) is 9.20. The van der Waals surface area contributed by atoms with Crippen molar-refractivity contribution in [2.45, 2.75) is 13.0 Å². The third-order valence-corrected chi connectivity index (χ3v) is 4.85. The number of hydrogen-bond donors (Lipinski definition) is 1. The van der Waals surface area contributed by atoms with Crippen molar-refractivity contribution < 1.29 is 4.74 Å². The summed E-state index contributed by atoms with van der Waals surface area (Å²) in [4.78, 5) is 1.26. The smallest absolute Gasteiger partial charge is 0.127 e. The van der Waals surface area contributed by atoms with Gasteiger partial charge in [-0.3, -0.25) is 0 Å². The fourth-order valence-electron chi connectivity index (χ4n) is 2.17. The Balaban J connectivity index is 2.16. The molecule has 88 valence electrons. The van der Waals surface area contributed by atoms with Crippen molar-refractivity contribution in [3.05, 3.63) is 39.2 Å². The number of hydrogen-bond acceptors (Lipinski definition) is 3. The zero-order chi connectivity index (χ0) is 11.8. The number of ether oxygens (including phenoxy) is 1. The lowest BCUT2D eigenvalue weighted by Crippen LogP contribution is -1.99. The minimum atomic E-state index is 0.527. The molecule has 2 nitrogen and oxygen atoms in total. The Bertz CT molecular complexity index is 565. The summed E-state index contributed by atoms with van der Waals surface area (Å²) in [5, 5.41) is 2.09. The molecular formula is C13H12BrNOS. The molecule has 0 aliphatic carbocycles. The number of benzene rings is 1. The van der Waals surface area contributed by atoms with Crippen LogP contribution >= 0.6 is 27.3 Å². The Kier molecular flexibility index (Phi) is 2.94. The molecular weight excluding hydrogens is 298 g/mol. The van der Waals surface area contributed by atoms with Crippen molar-refractivity contribution in [2.75, 3.05) is 6.61 Å². The molecule has 0 spiro atoms. The van der Waals surface area contributed by atoms with E-state index in [0.29, 0.717) is 6.54 Å². The summed E-state index contributed by atoms with van der Waals surface area (Å²) in [7, 11) is 0. The van der Waals surface area contributed by atoms with Crippen LogP contribution in [0.1, 0.15) is 11.1 Å². The summed E-state index contributed by atoms with van der Waals surface area (Å²) in [6.07, 6.45) is 0.985. The van der Waals surface area contributed by atoms with Gasteiger partial charge >= 0.3 is 0 Å². The number of fused-ring (bicyclic) bond motifs is 1. The Morgan fingerprint density at radius 2 is 2.29 bits per heavy atom. The molecule has 0 saturated carbocycles. The third kappa shape index (κ3) is 1.90. The highest BCUT2D eigenvalue weighted by atomic mass is 79.9. The molecule has 2 N–H and O–H groups in total. The first kappa shape index (κ1) is 11.3. The topological polar surface area (TPSA) is 35.2 Å². The van der Waals surface area contributed by atoms with Gasteiger partial charge in [0, 0.05) is 27.9 Å². The van der Waals surface area contributed by atoms with Gasteiger partial charge in [0.1, 0.15) is 5.75 Å². The zero-order valence-corrected chi connectivity index (χ0v) is 11.6. The van der Waals surface area contributed by atoms with Crippen LogP contribution in [0.3, 0.4) is 0 Å². The molecule has 0 fully saturated rings. The van der Waals surface area contributed by atoms with Crippen LogP contribution in [0.4, 0.5) is 0 Å². The van der Waals surface area contributed by atoms with Crippen LogP contribution in [0.5, 0.6) is 5.75 Å². The van der Waals surface area contributed by atoms with Gasteiger partial charge in [-0.1, -0.05) is 0 Å². The molecule has 0 unspecified atom stereocenters. The lowest BCUT2D eigenvalue weighted by atomic mass is 10.0. The van der Waals surface area contributed by atoms with Gasteiger partial charge in [0.25, 0.3) is 0 Å². The van der Waals surface area contributed by atoms with Gasteiger partial charge in [-0.05, 0) is 50.6 Å². The molecule has 1 aromatic carbocycles. The Labute approximate surface area is 113 Å². The molecule has 0 atom stereocenters. The molecule has 0 saturated heterocycles. The first-order valence-electron chi connectivity index (χ1n) is 5.51. The van der Waals surface area contributed by atoms with Crippen molar-refractivity contribution in [1.82, 2.24) is 0 Å². The average molecular weight is 310 g/mol. The van der Waals surface area contributed by atoms with Crippen LogP contribution < -0.4 is 10.5 Å². The maximum absolute atomic E-state index is 5.79. The van der Waals surface area contributed by atoms with E-state index in [1.165, 1.54) is 16.0 Å². The summed E-state index contributed by atoms with van der Waals surface area (Å²) < 4.78 is 6.78. The van der Waals surface area contributed by atoms with E-state index in [9.17, 15) is 0 Å². The molecule has 17 heavy (non-hydrogen) atoms. The SMILES string of the molecule is NCc1cc(-c2sccc2Br)cc2c1OCC2. The van der Waals surface area contributed by atoms with Gasteiger partial charge in [0.05, 0.1) is 6.61 Å². The van der Waals surface area contributed by atoms with Crippen LogP contribution in [-0.2, 0) is 13.0 Å². The van der Waals surface area contributed by atoms with Crippen molar-refractivity contribution in [1.29, 1.82) is 0 Å². The lowest BCUT2D eigenvalue weighted by molar-refractivity contribution is 0.353. The summed E-state index contributed by atoms with van der Waals surface area (Å²) in [5.74, 6) is 1.00. The van der Waals surface area contributed by atoms with E-state index >= 15 is 0 Å². The molecule has 0 amide bonds. The number of halogens is 1. The van der Waals surface area contributed by atoms with Gasteiger partial charge < -0.3 is 10.5 Å². The predicted molar refractivity (Wildman–Crippen MR) is 74.5 cm³/mol. The van der Waals surface area contributed by atoms with Gasteiger partial charge in [-0.25, -0.2) is 0 Å². The predicted octanol–water partition coefficient (Wildman–Crippen LogP) is 3.57. The normalized spacial score (nSPS) is 13.5. The Hall–Kier alpha value is -0.840. The van der Waals surface area contributed by atoms with E-state index in [1.54, 1.807) is 11.3 Å². The summed E-state index contributed by atoms with van der Waals surface area (Å²) in [6.45, 7) is 1.30. The largest absolute Gasteiger partial charge is 0.493 e. The van der Waals surface area contributed by atoms with Crippen LogP contribution in [0.25, 0.3) is 10.4 Å². The number of nitrogens with two attached hydrogens (primary N) is 1. The second-order valence-corrected chi connectivity index (χ2v) is 5.79. The van der Waals surface area contributed by atoms with E-state index in [1.807, 2.05) is 0 Å². The molecule has 0 radical (unpaired) electrons. The second-order valence-electron chi connectivity index (χ2n) is 4.02. The number of thiophene rings is 1. The van der Waals surface area contributed by atoms with Gasteiger partial charge in [0.15, 0.2) is 0 Å². The summed E-state index contributed by atoms with van der Waals surface area (Å²) >= 11 is 5.32. The summed E-state index contributed by atoms with van der Waals surface area (Å²) in [6, 6.07) is 6.44. The van der Waals surface area contributed by atoms with Gasteiger partial charge in [0.2, 0.25) is 0 Å². The van der Waals surface area contributed by atoms with E-state index in [2.05, 4.69) is 39.5 Å². The molecule has 1 aliphatic rings. The van der Waals surface area contributed by atoms with E-state index in [0.717, 1.165) is 28.8 Å². The van der Waals surface area contributed by atoms with E-state index < -0.39 is 0 Å². The highest BCUT2D eigenvalue weighted by Crippen LogP contribution is 2.39. The number of rotatable bonds is 2. The molecule has 2 aromatic rings. The van der Waals surface area contributed by atoms with Crippen LogP contribution in [0, 0.1) is 0 Å². The molecule has 4 heteroatoms. The van der Waals surface area contributed by atoms with Crippen molar-refractivity contribution in [3.63, 3.8) is 0 Å². The monoisotopic (exact) mass is 309 g/mol.